The fraction of sp³-hybridized carbons (Fsp3) is 0.207. The highest BCUT2D eigenvalue weighted by Crippen LogP contribution is 2.45. The van der Waals surface area contributed by atoms with Gasteiger partial charge in [-0.2, -0.15) is 0 Å². The number of ketones is 1. The summed E-state index contributed by atoms with van der Waals surface area (Å²) >= 11 is 1.21. The number of Topliss-reactive ketones (excluding diaryl/α,β-unsaturated/α-hetero) is 1. The molecule has 2 atom stereocenters. The lowest BCUT2D eigenvalue weighted by Gasteiger charge is -2.23. The van der Waals surface area contributed by atoms with Crippen molar-refractivity contribution in [2.24, 2.45) is 0 Å². The summed E-state index contributed by atoms with van der Waals surface area (Å²) < 4.78 is 12.1. The number of carbonyl (C=O) groups excluding carboxylic acids is 2. The summed E-state index contributed by atoms with van der Waals surface area (Å²) in [4.78, 5) is 43.7. The van der Waals surface area contributed by atoms with Gasteiger partial charge in [-0.1, -0.05) is 11.3 Å². The standard InChI is InChI=1S/C29H23N3O7S/c1-3-38-20-9-10-21-23(14-20)40-29(30-21)31-25(16-4-7-19(8-5-16)32(36)37)24(27(34)28(31)35)26(33)17-6-11-22-18(13-17)12-15(2)39-22/h4-11,13-15,25,33H,3,12H2,1-2H3/b26-24-. The molecule has 10 nitrogen and oxygen atoms in total. The Morgan fingerprint density at radius 3 is 2.67 bits per heavy atom. The van der Waals surface area contributed by atoms with Crippen LogP contribution in [0, 0.1) is 10.1 Å². The van der Waals surface area contributed by atoms with Gasteiger partial charge in [0, 0.05) is 24.1 Å². The molecular formula is C29H23N3O7S. The number of hydrogen-bond donors (Lipinski definition) is 1. The van der Waals surface area contributed by atoms with Crippen LogP contribution in [0.5, 0.6) is 11.5 Å². The van der Waals surface area contributed by atoms with E-state index in [2.05, 4.69) is 4.98 Å². The Labute approximate surface area is 232 Å². The van der Waals surface area contributed by atoms with Crippen molar-refractivity contribution < 1.29 is 29.1 Å². The number of carbonyl (C=O) groups is 2. The molecule has 40 heavy (non-hydrogen) atoms. The van der Waals surface area contributed by atoms with Gasteiger partial charge in [-0.3, -0.25) is 24.6 Å². The Hall–Kier alpha value is -4.77. The Kier molecular flexibility index (Phi) is 6.22. The molecule has 4 aromatic rings. The second-order valence-electron chi connectivity index (χ2n) is 9.53. The SMILES string of the molecule is CCOc1ccc2nc(N3C(=O)C(=O)/C(=C(\O)c4ccc5c(c4)CC(C)O5)C3c3ccc([N+](=O)[O-])cc3)sc2c1. The maximum atomic E-state index is 13.5. The number of thiazole rings is 1. The number of aliphatic hydroxyl groups excluding tert-OH is 1. The van der Waals surface area contributed by atoms with Gasteiger partial charge in [0.25, 0.3) is 11.5 Å². The third-order valence-electron chi connectivity index (χ3n) is 6.90. The van der Waals surface area contributed by atoms with Crippen molar-refractivity contribution in [1.29, 1.82) is 0 Å². The van der Waals surface area contributed by atoms with Gasteiger partial charge in [0.15, 0.2) is 5.13 Å². The number of aliphatic hydroxyl groups is 1. The molecule has 2 aliphatic rings. The summed E-state index contributed by atoms with van der Waals surface area (Å²) in [6, 6.07) is 15.0. The summed E-state index contributed by atoms with van der Waals surface area (Å²) in [7, 11) is 0. The molecule has 1 N–H and O–H groups in total. The molecule has 0 aliphatic carbocycles. The Balaban J connectivity index is 1.51. The second kappa shape index (κ2) is 9.76. The number of anilines is 1. The average molecular weight is 558 g/mol. The molecule has 0 radical (unpaired) electrons. The number of benzene rings is 3. The highest BCUT2D eigenvalue weighted by Gasteiger charge is 2.48. The van der Waals surface area contributed by atoms with Crippen molar-refractivity contribution >= 4 is 49.8 Å². The van der Waals surface area contributed by atoms with Crippen LogP contribution in [0.4, 0.5) is 10.8 Å². The van der Waals surface area contributed by atoms with Crippen LogP contribution in [-0.2, 0) is 16.0 Å². The van der Waals surface area contributed by atoms with Gasteiger partial charge in [0.1, 0.15) is 23.4 Å². The first-order valence-electron chi connectivity index (χ1n) is 12.6. The van der Waals surface area contributed by atoms with Crippen molar-refractivity contribution in [1.82, 2.24) is 4.98 Å². The minimum Gasteiger partial charge on any atom is -0.507 e. The molecule has 3 heterocycles. The van der Waals surface area contributed by atoms with Gasteiger partial charge in [-0.05, 0) is 73.5 Å². The third kappa shape index (κ3) is 4.24. The van der Waals surface area contributed by atoms with Crippen molar-refractivity contribution in [2.45, 2.75) is 32.4 Å². The summed E-state index contributed by atoms with van der Waals surface area (Å²) in [6.07, 6.45) is 0.631. The fourth-order valence-electron chi connectivity index (χ4n) is 5.10. The van der Waals surface area contributed by atoms with Gasteiger partial charge in [-0.25, -0.2) is 4.98 Å². The molecule has 1 aromatic heterocycles. The average Bonchev–Trinajstić information content (AvgIpc) is 3.60. The van der Waals surface area contributed by atoms with Crippen LogP contribution < -0.4 is 14.4 Å². The first-order valence-corrected chi connectivity index (χ1v) is 13.5. The lowest BCUT2D eigenvalue weighted by molar-refractivity contribution is -0.384. The van der Waals surface area contributed by atoms with E-state index in [1.165, 1.54) is 40.5 Å². The van der Waals surface area contributed by atoms with E-state index in [1.807, 2.05) is 19.9 Å². The highest BCUT2D eigenvalue weighted by molar-refractivity contribution is 7.22. The van der Waals surface area contributed by atoms with Gasteiger partial charge < -0.3 is 14.6 Å². The van der Waals surface area contributed by atoms with Crippen LogP contribution in [-0.4, -0.2) is 39.4 Å². The highest BCUT2D eigenvalue weighted by atomic mass is 32.1. The van der Waals surface area contributed by atoms with E-state index in [0.717, 1.165) is 10.3 Å². The predicted molar refractivity (Wildman–Crippen MR) is 149 cm³/mol. The van der Waals surface area contributed by atoms with Gasteiger partial charge in [0.2, 0.25) is 0 Å². The molecule has 2 aliphatic heterocycles. The minimum atomic E-state index is -1.06. The first-order chi connectivity index (χ1) is 19.2. The summed E-state index contributed by atoms with van der Waals surface area (Å²) in [6.45, 7) is 4.30. The lowest BCUT2D eigenvalue weighted by Crippen LogP contribution is -2.29. The van der Waals surface area contributed by atoms with E-state index in [0.29, 0.717) is 41.2 Å². The number of aromatic nitrogens is 1. The molecule has 202 valence electrons. The number of nitro groups is 1. The number of hydrogen-bond acceptors (Lipinski definition) is 9. The number of amides is 1. The summed E-state index contributed by atoms with van der Waals surface area (Å²) in [5.74, 6) is -0.718. The molecular weight excluding hydrogens is 534 g/mol. The first kappa shape index (κ1) is 25.5. The number of non-ortho nitro benzene ring substituents is 1. The molecule has 2 unspecified atom stereocenters. The van der Waals surface area contributed by atoms with E-state index < -0.39 is 22.7 Å². The van der Waals surface area contributed by atoms with E-state index in [4.69, 9.17) is 9.47 Å². The quantitative estimate of drug-likeness (QED) is 0.107. The van der Waals surface area contributed by atoms with Crippen molar-refractivity contribution in [2.75, 3.05) is 11.5 Å². The van der Waals surface area contributed by atoms with Crippen LogP contribution in [0.3, 0.4) is 0 Å². The Morgan fingerprint density at radius 1 is 1.18 bits per heavy atom. The lowest BCUT2D eigenvalue weighted by atomic mass is 9.94. The van der Waals surface area contributed by atoms with Gasteiger partial charge >= 0.3 is 5.91 Å². The van der Waals surface area contributed by atoms with Crippen LogP contribution in [0.2, 0.25) is 0 Å². The molecule has 1 saturated heterocycles. The Bertz CT molecular complexity index is 1730. The molecule has 3 aromatic carbocycles. The van der Waals surface area contributed by atoms with Gasteiger partial charge in [0.05, 0.1) is 33.4 Å². The fourth-order valence-corrected chi connectivity index (χ4v) is 6.12. The zero-order valence-corrected chi connectivity index (χ0v) is 22.3. The van der Waals surface area contributed by atoms with Crippen molar-refractivity contribution in [3.8, 4) is 11.5 Å². The van der Waals surface area contributed by atoms with Crippen molar-refractivity contribution in [3.05, 3.63) is 93.0 Å². The smallest absolute Gasteiger partial charge is 0.301 e. The maximum absolute atomic E-state index is 13.5. The monoisotopic (exact) mass is 557 g/mol. The van der Waals surface area contributed by atoms with Crippen LogP contribution >= 0.6 is 11.3 Å². The normalized spacial score (nSPS) is 19.6. The molecule has 6 rings (SSSR count). The largest absolute Gasteiger partial charge is 0.507 e. The molecule has 0 bridgehead atoms. The molecule has 1 fully saturated rings. The number of ether oxygens (including phenoxy) is 2. The van der Waals surface area contributed by atoms with Crippen LogP contribution in [0.1, 0.15) is 36.6 Å². The van der Waals surface area contributed by atoms with E-state index in [9.17, 15) is 24.8 Å². The summed E-state index contributed by atoms with van der Waals surface area (Å²) in [5, 5.41) is 23.0. The summed E-state index contributed by atoms with van der Waals surface area (Å²) in [5.41, 5.74) is 2.01. The van der Waals surface area contributed by atoms with E-state index in [-0.39, 0.29) is 28.3 Å². The van der Waals surface area contributed by atoms with Crippen LogP contribution in [0.25, 0.3) is 16.0 Å². The maximum Gasteiger partial charge on any atom is 0.301 e. The number of rotatable bonds is 6. The van der Waals surface area contributed by atoms with Crippen LogP contribution in [0.15, 0.2) is 66.2 Å². The Morgan fingerprint density at radius 2 is 1.95 bits per heavy atom. The molecule has 1 amide bonds. The molecule has 0 saturated carbocycles. The molecule has 11 heteroatoms. The second-order valence-corrected chi connectivity index (χ2v) is 10.5. The number of nitro benzene ring substituents is 1. The number of nitrogens with zero attached hydrogens (tertiary/aromatic N) is 3. The predicted octanol–water partition coefficient (Wildman–Crippen LogP) is 5.55. The van der Waals surface area contributed by atoms with E-state index >= 15 is 0 Å². The number of fused-ring (bicyclic) bond motifs is 2. The van der Waals surface area contributed by atoms with Gasteiger partial charge in [-0.15, -0.1) is 0 Å². The molecule has 0 spiro atoms. The van der Waals surface area contributed by atoms with Crippen molar-refractivity contribution in [3.63, 3.8) is 0 Å². The zero-order chi connectivity index (χ0) is 28.1. The topological polar surface area (TPSA) is 132 Å². The third-order valence-corrected chi connectivity index (χ3v) is 7.92. The van der Waals surface area contributed by atoms with E-state index in [1.54, 1.807) is 30.3 Å². The minimum absolute atomic E-state index is 0.0136. The zero-order valence-electron chi connectivity index (χ0n) is 21.5.